The highest BCUT2D eigenvalue weighted by Gasteiger charge is 2.40. The van der Waals surface area contributed by atoms with Gasteiger partial charge in [-0.1, -0.05) is 0 Å². The smallest absolute Gasteiger partial charge is 0.0925 e. The average molecular weight is 260 g/mol. The van der Waals surface area contributed by atoms with E-state index in [0.29, 0.717) is 6.04 Å². The summed E-state index contributed by atoms with van der Waals surface area (Å²) in [6.07, 6.45) is 8.83. The summed E-state index contributed by atoms with van der Waals surface area (Å²) in [5, 5.41) is 7.31. The maximum atomic E-state index is 4.40. The molecule has 0 saturated heterocycles. The molecule has 0 radical (unpaired) electrons. The summed E-state index contributed by atoms with van der Waals surface area (Å²) in [6.45, 7) is 3.26. The number of hydrogen-bond acceptors (Lipinski definition) is 3. The second-order valence-corrected chi connectivity index (χ2v) is 6.61. The molecule has 19 heavy (non-hydrogen) atoms. The Morgan fingerprint density at radius 2 is 2.05 bits per heavy atom. The molecule has 0 spiro atoms. The number of H-pyrrole nitrogens is 1. The molecule has 2 heterocycles. The Hall–Kier alpha value is -0.870. The third-order valence-corrected chi connectivity index (χ3v) is 5.04. The minimum Gasteiger partial charge on any atom is -0.347 e. The van der Waals surface area contributed by atoms with Crippen LogP contribution in [0, 0.1) is 17.8 Å². The minimum atomic E-state index is 0.551. The van der Waals surface area contributed by atoms with Crippen LogP contribution in [0.2, 0.25) is 0 Å². The summed E-state index contributed by atoms with van der Waals surface area (Å²) >= 11 is 0. The van der Waals surface area contributed by atoms with Crippen LogP contribution in [0.15, 0.2) is 6.33 Å². The number of nitrogens with zero attached hydrogens (tertiary/aromatic N) is 1. The van der Waals surface area contributed by atoms with Crippen molar-refractivity contribution < 1.29 is 0 Å². The van der Waals surface area contributed by atoms with Gasteiger partial charge in [-0.2, -0.15) is 0 Å². The van der Waals surface area contributed by atoms with Crippen LogP contribution in [0.5, 0.6) is 0 Å². The fourth-order valence-electron chi connectivity index (χ4n) is 3.57. The molecule has 1 unspecified atom stereocenters. The number of rotatable bonds is 6. The number of aromatic nitrogens is 2. The van der Waals surface area contributed by atoms with Crippen LogP contribution < -0.4 is 10.6 Å². The van der Waals surface area contributed by atoms with Crippen LogP contribution in [0.4, 0.5) is 0 Å². The fraction of sp³-hybridized carbons (Fsp3) is 0.800. The molecule has 0 bridgehead atoms. The Bertz CT molecular complexity index is 421. The van der Waals surface area contributed by atoms with Gasteiger partial charge in [0.25, 0.3) is 0 Å². The van der Waals surface area contributed by atoms with Gasteiger partial charge < -0.3 is 15.6 Å². The Kier molecular flexibility index (Phi) is 3.08. The monoisotopic (exact) mass is 260 g/mol. The summed E-state index contributed by atoms with van der Waals surface area (Å²) in [7, 11) is 0. The highest BCUT2D eigenvalue weighted by Crippen LogP contribution is 2.48. The van der Waals surface area contributed by atoms with E-state index < -0.39 is 0 Å². The van der Waals surface area contributed by atoms with Crippen molar-refractivity contribution in [2.24, 2.45) is 17.8 Å². The van der Waals surface area contributed by atoms with Gasteiger partial charge in [0.2, 0.25) is 0 Å². The SMILES string of the molecule is c1nc2c([nH]1)CNC(CNCC(C1CC1)C1CC1)C2. The molecular formula is C15H24N4. The zero-order valence-electron chi connectivity index (χ0n) is 11.5. The minimum absolute atomic E-state index is 0.551. The van der Waals surface area contributed by atoms with Crippen molar-refractivity contribution in [3.8, 4) is 0 Å². The molecule has 4 nitrogen and oxygen atoms in total. The summed E-state index contributed by atoms with van der Waals surface area (Å²) < 4.78 is 0. The van der Waals surface area contributed by atoms with Crippen LogP contribution in [0.3, 0.4) is 0 Å². The van der Waals surface area contributed by atoms with Gasteiger partial charge >= 0.3 is 0 Å². The first-order chi connectivity index (χ1) is 9.40. The first-order valence-electron chi connectivity index (χ1n) is 7.85. The molecule has 1 aromatic rings. The third kappa shape index (κ3) is 2.70. The second-order valence-electron chi connectivity index (χ2n) is 6.61. The molecule has 2 fully saturated rings. The van der Waals surface area contributed by atoms with E-state index in [1.54, 1.807) is 0 Å². The molecule has 1 aliphatic heterocycles. The molecule has 3 aliphatic rings. The standard InChI is InChI=1S/C15H24N4/c1-2-10(1)13(11-3-4-11)7-16-6-12-5-14-15(8-17-12)19-9-18-14/h9-13,16-17H,1-8H2,(H,18,19). The average Bonchev–Trinajstić information content (AvgIpc) is 3.33. The van der Waals surface area contributed by atoms with Crippen molar-refractivity contribution in [3.05, 3.63) is 17.7 Å². The van der Waals surface area contributed by atoms with Gasteiger partial charge in [0.05, 0.1) is 17.7 Å². The lowest BCUT2D eigenvalue weighted by Gasteiger charge is -2.25. The Morgan fingerprint density at radius 1 is 1.26 bits per heavy atom. The van der Waals surface area contributed by atoms with E-state index in [1.807, 2.05) is 6.33 Å². The lowest BCUT2D eigenvalue weighted by Crippen LogP contribution is -2.44. The molecule has 4 rings (SSSR count). The van der Waals surface area contributed by atoms with Crippen molar-refractivity contribution in [1.29, 1.82) is 0 Å². The molecule has 2 saturated carbocycles. The van der Waals surface area contributed by atoms with Crippen molar-refractivity contribution >= 4 is 0 Å². The highest BCUT2D eigenvalue weighted by molar-refractivity contribution is 5.15. The molecule has 104 valence electrons. The van der Waals surface area contributed by atoms with Gasteiger partial charge in [0.15, 0.2) is 0 Å². The molecule has 0 amide bonds. The number of hydrogen-bond donors (Lipinski definition) is 3. The first-order valence-corrected chi connectivity index (χ1v) is 7.85. The number of imidazole rings is 1. The third-order valence-electron chi connectivity index (χ3n) is 5.04. The summed E-state index contributed by atoms with van der Waals surface area (Å²) in [4.78, 5) is 7.61. The quantitative estimate of drug-likeness (QED) is 0.725. The maximum Gasteiger partial charge on any atom is 0.0925 e. The van der Waals surface area contributed by atoms with E-state index in [1.165, 1.54) is 43.6 Å². The zero-order chi connectivity index (χ0) is 12.7. The van der Waals surface area contributed by atoms with E-state index in [-0.39, 0.29) is 0 Å². The number of aromatic amines is 1. The van der Waals surface area contributed by atoms with Gasteiger partial charge in [0.1, 0.15) is 0 Å². The van der Waals surface area contributed by atoms with Gasteiger partial charge in [-0.05, 0) is 50.0 Å². The molecule has 3 N–H and O–H groups in total. The molecule has 4 heteroatoms. The normalized spacial score (nSPS) is 26.7. The molecular weight excluding hydrogens is 236 g/mol. The fourth-order valence-corrected chi connectivity index (χ4v) is 3.57. The van der Waals surface area contributed by atoms with Crippen LogP contribution in [-0.4, -0.2) is 29.1 Å². The van der Waals surface area contributed by atoms with Gasteiger partial charge in [-0.25, -0.2) is 4.98 Å². The van der Waals surface area contributed by atoms with E-state index >= 15 is 0 Å². The first kappa shape index (κ1) is 11.9. The lowest BCUT2D eigenvalue weighted by molar-refractivity contribution is 0.357. The topological polar surface area (TPSA) is 52.7 Å². The zero-order valence-corrected chi connectivity index (χ0v) is 11.5. The Balaban J connectivity index is 1.24. The second kappa shape index (κ2) is 4.91. The predicted molar refractivity (Wildman–Crippen MR) is 74.7 cm³/mol. The van der Waals surface area contributed by atoms with Crippen molar-refractivity contribution in [3.63, 3.8) is 0 Å². The van der Waals surface area contributed by atoms with Crippen molar-refractivity contribution in [2.75, 3.05) is 13.1 Å². The molecule has 1 aromatic heterocycles. The predicted octanol–water partition coefficient (Wildman–Crippen LogP) is 1.45. The van der Waals surface area contributed by atoms with Crippen LogP contribution in [0.1, 0.15) is 37.1 Å². The number of fused-ring (bicyclic) bond motifs is 1. The molecule has 2 aliphatic carbocycles. The van der Waals surface area contributed by atoms with E-state index in [4.69, 9.17) is 0 Å². The molecule has 1 atom stereocenters. The van der Waals surface area contributed by atoms with Gasteiger partial charge in [-0.15, -0.1) is 0 Å². The molecule has 0 aromatic carbocycles. The summed E-state index contributed by atoms with van der Waals surface area (Å²) in [6, 6.07) is 0.551. The van der Waals surface area contributed by atoms with Crippen LogP contribution in [0.25, 0.3) is 0 Å². The van der Waals surface area contributed by atoms with Crippen molar-refractivity contribution in [1.82, 2.24) is 20.6 Å². The van der Waals surface area contributed by atoms with E-state index in [2.05, 4.69) is 20.6 Å². The van der Waals surface area contributed by atoms with E-state index in [9.17, 15) is 0 Å². The number of nitrogens with one attached hydrogen (secondary N) is 3. The van der Waals surface area contributed by atoms with Crippen LogP contribution >= 0.6 is 0 Å². The van der Waals surface area contributed by atoms with Crippen LogP contribution in [-0.2, 0) is 13.0 Å². The van der Waals surface area contributed by atoms with E-state index in [0.717, 1.165) is 37.3 Å². The summed E-state index contributed by atoms with van der Waals surface area (Å²) in [5.74, 6) is 3.08. The maximum absolute atomic E-state index is 4.40. The lowest BCUT2D eigenvalue weighted by atomic mass is 9.97. The van der Waals surface area contributed by atoms with Gasteiger partial charge in [0, 0.05) is 25.6 Å². The Labute approximate surface area is 114 Å². The van der Waals surface area contributed by atoms with Crippen molar-refractivity contribution in [2.45, 2.75) is 44.7 Å². The summed E-state index contributed by atoms with van der Waals surface area (Å²) in [5.41, 5.74) is 2.52. The highest BCUT2D eigenvalue weighted by atomic mass is 15.0. The Morgan fingerprint density at radius 3 is 2.79 bits per heavy atom. The largest absolute Gasteiger partial charge is 0.347 e. The van der Waals surface area contributed by atoms with Gasteiger partial charge in [-0.3, -0.25) is 0 Å².